The van der Waals surface area contributed by atoms with Crippen molar-refractivity contribution < 1.29 is 9.26 Å². The van der Waals surface area contributed by atoms with Gasteiger partial charge in [-0.3, -0.25) is 4.52 Å². The minimum atomic E-state index is 0.110. The maximum Gasteiger partial charge on any atom is 0.417 e. The first kappa shape index (κ1) is 12.4. The van der Waals surface area contributed by atoms with E-state index in [4.69, 9.17) is 26.6 Å². The third kappa shape index (κ3) is 2.78. The molecule has 0 bridgehead atoms. The van der Waals surface area contributed by atoms with E-state index in [0.29, 0.717) is 17.3 Å². The molecule has 0 fully saturated rings. The Hall–Kier alpha value is -2.08. The van der Waals surface area contributed by atoms with Gasteiger partial charge in [-0.15, -0.1) is 11.6 Å². The lowest BCUT2D eigenvalue weighted by Gasteiger charge is -1.98. The first-order valence-electron chi connectivity index (χ1n) is 5.10. The van der Waals surface area contributed by atoms with Gasteiger partial charge in [0, 0.05) is 5.56 Å². The molecule has 1 aromatic heterocycles. The molecule has 0 saturated heterocycles. The van der Waals surface area contributed by atoms with Crippen molar-refractivity contribution in [3.05, 3.63) is 24.3 Å². The van der Waals surface area contributed by atoms with Crippen LogP contribution in [0.25, 0.3) is 11.4 Å². The van der Waals surface area contributed by atoms with Gasteiger partial charge < -0.3 is 10.5 Å². The van der Waals surface area contributed by atoms with Gasteiger partial charge in [-0.05, 0) is 12.1 Å². The lowest BCUT2D eigenvalue weighted by atomic mass is 10.2. The second-order valence-corrected chi connectivity index (χ2v) is 3.64. The number of aromatic nitrogens is 2. The predicted octanol–water partition coefficient (Wildman–Crippen LogP) is 1.97. The summed E-state index contributed by atoms with van der Waals surface area (Å²) in [6.45, 7) is 0. The maximum atomic E-state index is 5.57. The fourth-order valence-corrected chi connectivity index (χ4v) is 1.38. The van der Waals surface area contributed by atoms with Gasteiger partial charge in [-0.25, -0.2) is 4.99 Å². The molecule has 1 aromatic carbocycles. The van der Waals surface area contributed by atoms with Crippen LogP contribution < -0.4 is 10.5 Å². The third-order valence-electron chi connectivity index (χ3n) is 2.10. The van der Waals surface area contributed by atoms with Crippen molar-refractivity contribution >= 4 is 23.1 Å². The Morgan fingerprint density at radius 1 is 1.56 bits per heavy atom. The van der Waals surface area contributed by atoms with Gasteiger partial charge >= 0.3 is 6.08 Å². The molecule has 0 spiro atoms. The Balaban J connectivity index is 2.32. The van der Waals surface area contributed by atoms with Gasteiger partial charge in [0.1, 0.15) is 5.84 Å². The number of aliphatic imine (C=N–C) groups is 1. The number of hydrogen-bond acceptors (Lipinski definition) is 5. The Kier molecular flexibility index (Phi) is 3.78. The number of hydrogen-bond donors (Lipinski definition) is 1. The largest absolute Gasteiger partial charge is 0.452 e. The van der Waals surface area contributed by atoms with E-state index in [9.17, 15) is 0 Å². The Morgan fingerprint density at radius 2 is 2.39 bits per heavy atom. The van der Waals surface area contributed by atoms with Gasteiger partial charge in [0.25, 0.3) is 0 Å². The molecule has 94 valence electrons. The number of halogens is 1. The summed E-state index contributed by atoms with van der Waals surface area (Å²) in [7, 11) is 1.46. The summed E-state index contributed by atoms with van der Waals surface area (Å²) >= 11 is 5.57. The fraction of sp³-hybridized carbons (Fsp3) is 0.182. The highest BCUT2D eigenvalue weighted by atomic mass is 35.5. The number of amidine groups is 1. The van der Waals surface area contributed by atoms with Crippen LogP contribution in [0.5, 0.6) is 6.08 Å². The second-order valence-electron chi connectivity index (χ2n) is 3.38. The zero-order chi connectivity index (χ0) is 13.0. The number of methoxy groups -OCH3 is 1. The van der Waals surface area contributed by atoms with Crippen molar-refractivity contribution in [2.24, 2.45) is 10.7 Å². The van der Waals surface area contributed by atoms with E-state index in [0.717, 1.165) is 5.56 Å². The number of benzene rings is 1. The third-order valence-corrected chi connectivity index (χ3v) is 2.37. The van der Waals surface area contributed by atoms with E-state index < -0.39 is 0 Å². The molecule has 0 amide bonds. The molecular weight excluding hydrogens is 256 g/mol. The topological polar surface area (TPSA) is 86.5 Å². The normalized spacial score (nSPS) is 11.6. The lowest BCUT2D eigenvalue weighted by molar-refractivity contribution is 0.250. The number of alkyl halides is 1. The van der Waals surface area contributed by atoms with Crippen LogP contribution in [0.3, 0.4) is 0 Å². The van der Waals surface area contributed by atoms with Gasteiger partial charge in [-0.1, -0.05) is 17.3 Å². The molecule has 0 aliphatic carbocycles. The van der Waals surface area contributed by atoms with Gasteiger partial charge in [0.15, 0.2) is 0 Å². The summed E-state index contributed by atoms with van der Waals surface area (Å²) in [5.41, 5.74) is 7.00. The first-order chi connectivity index (χ1) is 8.72. The van der Waals surface area contributed by atoms with Crippen molar-refractivity contribution in [3.8, 4) is 17.5 Å². The van der Waals surface area contributed by atoms with E-state index in [1.54, 1.807) is 12.1 Å². The second kappa shape index (κ2) is 5.50. The molecule has 2 N–H and O–H groups in total. The number of ether oxygens (including phenoxy) is 1. The van der Waals surface area contributed by atoms with E-state index in [-0.39, 0.29) is 12.0 Å². The monoisotopic (exact) mass is 266 g/mol. The average molecular weight is 267 g/mol. The summed E-state index contributed by atoms with van der Waals surface area (Å²) in [4.78, 5) is 8.17. The van der Waals surface area contributed by atoms with Crippen molar-refractivity contribution in [1.82, 2.24) is 10.1 Å². The zero-order valence-corrected chi connectivity index (χ0v) is 10.4. The van der Waals surface area contributed by atoms with Crippen LogP contribution >= 0.6 is 11.6 Å². The lowest BCUT2D eigenvalue weighted by Crippen LogP contribution is -2.12. The molecule has 0 saturated carbocycles. The highest BCUT2D eigenvalue weighted by Gasteiger charge is 2.08. The molecular formula is C11H11ClN4O2. The standard InChI is InChI=1S/C11H11ClN4O2/c1-17-11-15-10(16-18-11)7-3-2-4-8(5-7)14-9(13)6-12/h2-5H,6H2,1H3,(H2,13,14). The fourth-order valence-electron chi connectivity index (χ4n) is 1.32. The highest BCUT2D eigenvalue weighted by molar-refractivity contribution is 6.28. The quantitative estimate of drug-likeness (QED) is 0.519. The zero-order valence-electron chi connectivity index (χ0n) is 9.63. The Morgan fingerprint density at radius 3 is 3.06 bits per heavy atom. The molecule has 0 aliphatic rings. The molecule has 0 radical (unpaired) electrons. The maximum absolute atomic E-state index is 5.57. The number of nitrogens with zero attached hydrogens (tertiary/aromatic N) is 3. The summed E-state index contributed by atoms with van der Waals surface area (Å²) in [5.74, 6) is 0.952. The van der Waals surface area contributed by atoms with E-state index in [2.05, 4.69) is 15.1 Å². The molecule has 6 nitrogen and oxygen atoms in total. The van der Waals surface area contributed by atoms with Crippen molar-refractivity contribution in [2.75, 3.05) is 13.0 Å². The van der Waals surface area contributed by atoms with Crippen LogP contribution in [-0.4, -0.2) is 29.0 Å². The van der Waals surface area contributed by atoms with E-state index >= 15 is 0 Å². The number of rotatable bonds is 4. The predicted molar refractivity (Wildman–Crippen MR) is 68.3 cm³/mol. The molecule has 7 heteroatoms. The van der Waals surface area contributed by atoms with Gasteiger partial charge in [-0.2, -0.15) is 4.98 Å². The molecule has 0 aliphatic heterocycles. The first-order valence-corrected chi connectivity index (χ1v) is 5.63. The van der Waals surface area contributed by atoms with E-state index in [1.165, 1.54) is 7.11 Å². The van der Waals surface area contributed by atoms with Crippen molar-refractivity contribution in [1.29, 1.82) is 0 Å². The van der Waals surface area contributed by atoms with Crippen molar-refractivity contribution in [3.63, 3.8) is 0 Å². The molecule has 2 aromatic rings. The van der Waals surface area contributed by atoms with Crippen LogP contribution in [0.2, 0.25) is 0 Å². The molecule has 1 heterocycles. The SMILES string of the molecule is COc1nc(-c2cccc(N=C(N)CCl)c2)no1. The molecule has 2 rings (SSSR count). The van der Waals surface area contributed by atoms with Crippen LogP contribution in [0.1, 0.15) is 0 Å². The summed E-state index contributed by atoms with van der Waals surface area (Å²) < 4.78 is 9.67. The minimum Gasteiger partial charge on any atom is -0.452 e. The van der Waals surface area contributed by atoms with Gasteiger partial charge in [0.2, 0.25) is 5.82 Å². The Bertz CT molecular complexity index is 568. The smallest absolute Gasteiger partial charge is 0.417 e. The van der Waals surface area contributed by atoms with Crippen LogP contribution in [-0.2, 0) is 0 Å². The minimum absolute atomic E-state index is 0.110. The summed E-state index contributed by atoms with van der Waals surface area (Å²) in [6.07, 6.45) is 0.110. The van der Waals surface area contributed by atoms with Crippen LogP contribution in [0, 0.1) is 0 Å². The average Bonchev–Trinajstić information content (AvgIpc) is 2.87. The van der Waals surface area contributed by atoms with Crippen molar-refractivity contribution in [2.45, 2.75) is 0 Å². The molecule has 18 heavy (non-hydrogen) atoms. The summed E-state index contributed by atoms with van der Waals surface area (Å²) in [5, 5.41) is 3.78. The van der Waals surface area contributed by atoms with Gasteiger partial charge in [0.05, 0.1) is 18.7 Å². The molecule has 0 unspecified atom stereocenters. The van der Waals surface area contributed by atoms with E-state index in [1.807, 2.05) is 12.1 Å². The van der Waals surface area contributed by atoms with Crippen LogP contribution in [0.4, 0.5) is 5.69 Å². The Labute approximate surface area is 108 Å². The highest BCUT2D eigenvalue weighted by Crippen LogP contribution is 2.23. The molecule has 0 atom stereocenters. The van der Waals surface area contributed by atoms with Crippen LogP contribution in [0.15, 0.2) is 33.8 Å². The summed E-state index contributed by atoms with van der Waals surface area (Å²) in [6, 6.07) is 7.24. The number of nitrogens with two attached hydrogens (primary N) is 1.